The van der Waals surface area contributed by atoms with E-state index in [1.165, 1.54) is 0 Å². The molecule has 0 unspecified atom stereocenters. The maximum Gasteiger partial charge on any atom is 0.231 e. The van der Waals surface area contributed by atoms with E-state index in [0.717, 1.165) is 11.3 Å². The minimum atomic E-state index is 0.0386. The van der Waals surface area contributed by atoms with Gasteiger partial charge < -0.3 is 0 Å². The van der Waals surface area contributed by atoms with E-state index >= 15 is 0 Å². The number of rotatable bonds is 4. The van der Waals surface area contributed by atoms with Crippen LogP contribution in [-0.2, 0) is 6.54 Å². The minimum Gasteiger partial charge on any atom is -0.287 e. The molecule has 0 bridgehead atoms. The third-order valence-electron chi connectivity index (χ3n) is 3.56. The molecule has 1 heterocycles. The molecule has 0 radical (unpaired) electrons. The van der Waals surface area contributed by atoms with E-state index in [0.29, 0.717) is 11.1 Å². The second-order valence-electron chi connectivity index (χ2n) is 5.07. The van der Waals surface area contributed by atoms with Gasteiger partial charge in [-0.1, -0.05) is 30.3 Å². The number of carbonyl (C=O) groups is 1. The van der Waals surface area contributed by atoms with Crippen LogP contribution in [-0.4, -0.2) is 10.8 Å². The van der Waals surface area contributed by atoms with Crippen LogP contribution in [0.2, 0.25) is 0 Å². The topological polar surface area (TPSA) is 57.6 Å². The van der Waals surface area contributed by atoms with Crippen molar-refractivity contribution < 1.29 is 9.36 Å². The normalized spacial score (nSPS) is 10.0. The second kappa shape index (κ2) is 6.63. The first-order valence-electron chi connectivity index (χ1n) is 7.20. The largest absolute Gasteiger partial charge is 0.287 e. The zero-order valence-corrected chi connectivity index (χ0v) is 12.4. The number of nitriles is 1. The van der Waals surface area contributed by atoms with Gasteiger partial charge in [0.05, 0.1) is 24.0 Å². The lowest BCUT2D eigenvalue weighted by atomic mass is 10.1. The molecule has 4 heteroatoms. The van der Waals surface area contributed by atoms with Crippen LogP contribution < -0.4 is 4.57 Å². The standard InChI is InChI=1S/C19H14N3O/c20-12-15-6-8-16(9-7-15)18-13-21-10-11-22(18)14-19(23)17-4-2-1-3-5-17/h1-11,13H,14H2/q+1. The highest BCUT2D eigenvalue weighted by molar-refractivity contribution is 5.95. The van der Waals surface area contributed by atoms with Gasteiger partial charge in [-0.3, -0.25) is 9.78 Å². The second-order valence-corrected chi connectivity index (χ2v) is 5.07. The van der Waals surface area contributed by atoms with Crippen LogP contribution in [0.4, 0.5) is 0 Å². The van der Waals surface area contributed by atoms with Crippen LogP contribution in [0.25, 0.3) is 11.3 Å². The number of nitrogens with zero attached hydrogens (tertiary/aromatic N) is 3. The molecule has 3 rings (SSSR count). The van der Waals surface area contributed by atoms with Crippen LogP contribution in [0.3, 0.4) is 0 Å². The van der Waals surface area contributed by atoms with E-state index in [1.54, 1.807) is 30.7 Å². The van der Waals surface area contributed by atoms with Crippen LogP contribution in [0.1, 0.15) is 15.9 Å². The first-order valence-corrected chi connectivity index (χ1v) is 7.20. The summed E-state index contributed by atoms with van der Waals surface area (Å²) in [7, 11) is 0. The molecule has 0 fully saturated rings. The maximum absolute atomic E-state index is 12.4. The van der Waals surface area contributed by atoms with E-state index in [2.05, 4.69) is 11.1 Å². The highest BCUT2D eigenvalue weighted by Gasteiger charge is 2.17. The van der Waals surface area contributed by atoms with Crippen molar-refractivity contribution in [1.29, 1.82) is 5.26 Å². The molecule has 0 aliphatic carbocycles. The van der Waals surface area contributed by atoms with Gasteiger partial charge in [-0.2, -0.15) is 9.83 Å². The summed E-state index contributed by atoms with van der Waals surface area (Å²) in [6.07, 6.45) is 5.17. The Morgan fingerprint density at radius 2 is 1.83 bits per heavy atom. The van der Waals surface area contributed by atoms with E-state index in [1.807, 2.05) is 47.0 Å². The summed E-state index contributed by atoms with van der Waals surface area (Å²) >= 11 is 0. The lowest BCUT2D eigenvalue weighted by Gasteiger charge is -2.03. The number of hydrogen-bond acceptors (Lipinski definition) is 3. The molecule has 0 atom stereocenters. The zero-order valence-electron chi connectivity index (χ0n) is 12.4. The highest BCUT2D eigenvalue weighted by atomic mass is 16.1. The van der Waals surface area contributed by atoms with Crippen molar-refractivity contribution in [3.63, 3.8) is 0 Å². The Bertz CT molecular complexity index is 865. The molecule has 0 aliphatic heterocycles. The van der Waals surface area contributed by atoms with Gasteiger partial charge in [0.15, 0.2) is 6.20 Å². The van der Waals surface area contributed by atoms with Crippen molar-refractivity contribution in [2.24, 2.45) is 0 Å². The molecule has 0 saturated carbocycles. The maximum atomic E-state index is 12.4. The lowest BCUT2D eigenvalue weighted by Crippen LogP contribution is -2.40. The first-order chi connectivity index (χ1) is 11.3. The number of carbonyl (C=O) groups excluding carboxylic acids is 1. The molecule has 0 N–H and O–H groups in total. The van der Waals surface area contributed by atoms with Gasteiger partial charge in [0.1, 0.15) is 0 Å². The van der Waals surface area contributed by atoms with E-state index in [9.17, 15) is 4.79 Å². The zero-order chi connectivity index (χ0) is 16.1. The van der Waals surface area contributed by atoms with Gasteiger partial charge >= 0.3 is 0 Å². The summed E-state index contributed by atoms with van der Waals surface area (Å²) < 4.78 is 1.86. The third-order valence-corrected chi connectivity index (χ3v) is 3.56. The van der Waals surface area contributed by atoms with Gasteiger partial charge in [-0.15, -0.1) is 0 Å². The number of hydrogen-bond donors (Lipinski definition) is 0. The molecule has 110 valence electrons. The highest BCUT2D eigenvalue weighted by Crippen LogP contribution is 2.15. The fourth-order valence-corrected chi connectivity index (χ4v) is 2.35. The number of Topliss-reactive ketones (excluding diaryl/α,β-unsaturated/α-hetero) is 1. The van der Waals surface area contributed by atoms with Gasteiger partial charge in [-0.25, -0.2) is 0 Å². The Labute approximate surface area is 134 Å². The quantitative estimate of drug-likeness (QED) is 0.550. The summed E-state index contributed by atoms with van der Waals surface area (Å²) in [5.41, 5.74) is 3.03. The van der Waals surface area contributed by atoms with E-state index in [4.69, 9.17) is 5.26 Å². The monoisotopic (exact) mass is 300 g/mol. The number of benzene rings is 2. The van der Waals surface area contributed by atoms with Crippen molar-refractivity contribution in [1.82, 2.24) is 4.98 Å². The van der Waals surface area contributed by atoms with E-state index in [-0.39, 0.29) is 12.3 Å². The summed E-state index contributed by atoms with van der Waals surface area (Å²) in [6, 6.07) is 18.5. The Morgan fingerprint density at radius 3 is 2.52 bits per heavy atom. The number of aromatic nitrogens is 2. The molecule has 1 aromatic heterocycles. The molecule has 0 amide bonds. The summed E-state index contributed by atoms with van der Waals surface area (Å²) in [4.78, 5) is 16.6. The molecule has 2 aromatic carbocycles. The molecule has 0 aliphatic rings. The van der Waals surface area contributed by atoms with Gasteiger partial charge in [0, 0.05) is 11.1 Å². The Balaban J connectivity index is 1.92. The smallest absolute Gasteiger partial charge is 0.231 e. The van der Waals surface area contributed by atoms with E-state index < -0.39 is 0 Å². The summed E-state index contributed by atoms with van der Waals surface area (Å²) in [5.74, 6) is 0.0386. The molecule has 0 spiro atoms. The van der Waals surface area contributed by atoms with Crippen molar-refractivity contribution >= 4 is 5.78 Å². The minimum absolute atomic E-state index is 0.0386. The first kappa shape index (κ1) is 14.6. The van der Waals surface area contributed by atoms with Crippen molar-refractivity contribution in [3.05, 3.63) is 84.3 Å². The van der Waals surface area contributed by atoms with Crippen molar-refractivity contribution in [2.45, 2.75) is 6.54 Å². The Morgan fingerprint density at radius 1 is 1.09 bits per heavy atom. The van der Waals surface area contributed by atoms with Crippen molar-refractivity contribution in [2.75, 3.05) is 0 Å². The van der Waals surface area contributed by atoms with Gasteiger partial charge in [0.25, 0.3) is 0 Å². The predicted molar refractivity (Wildman–Crippen MR) is 85.4 cm³/mol. The molecule has 23 heavy (non-hydrogen) atoms. The van der Waals surface area contributed by atoms with Crippen LogP contribution in [0.15, 0.2) is 73.2 Å². The van der Waals surface area contributed by atoms with Crippen LogP contribution >= 0.6 is 0 Å². The fraction of sp³-hybridized carbons (Fsp3) is 0.0526. The fourth-order valence-electron chi connectivity index (χ4n) is 2.35. The van der Waals surface area contributed by atoms with Crippen LogP contribution in [0, 0.1) is 11.3 Å². The Kier molecular flexibility index (Phi) is 4.21. The van der Waals surface area contributed by atoms with Gasteiger partial charge in [0.2, 0.25) is 18.0 Å². The van der Waals surface area contributed by atoms with Crippen LogP contribution in [0.5, 0.6) is 0 Å². The third kappa shape index (κ3) is 3.30. The lowest BCUT2D eigenvalue weighted by molar-refractivity contribution is -0.672. The summed E-state index contributed by atoms with van der Waals surface area (Å²) in [6.45, 7) is 0.238. The number of ketones is 1. The molecule has 0 saturated heterocycles. The average molecular weight is 300 g/mol. The van der Waals surface area contributed by atoms with Gasteiger partial charge in [-0.05, 0) is 24.3 Å². The summed E-state index contributed by atoms with van der Waals surface area (Å²) in [5, 5.41) is 8.89. The molecule has 4 nitrogen and oxygen atoms in total. The predicted octanol–water partition coefficient (Wildman–Crippen LogP) is 2.79. The molecular weight excluding hydrogens is 286 g/mol. The molecule has 3 aromatic rings. The van der Waals surface area contributed by atoms with Crippen molar-refractivity contribution in [3.8, 4) is 17.3 Å². The average Bonchev–Trinajstić information content (AvgIpc) is 2.63. The molecular formula is C19H14N3O+. The Hall–Kier alpha value is -3.32. The SMILES string of the molecule is N#Cc1ccc(-c2cncc[n+]2CC(=O)c2ccccc2)cc1.